The van der Waals surface area contributed by atoms with Crippen LogP contribution in [0.4, 0.5) is 0 Å². The summed E-state index contributed by atoms with van der Waals surface area (Å²) in [5, 5.41) is 0. The molecule has 0 saturated heterocycles. The number of hydrogen-bond donors (Lipinski definition) is 0. The molecule has 0 aromatic heterocycles. The van der Waals surface area contributed by atoms with Crippen molar-refractivity contribution in [1.82, 2.24) is 0 Å². The molecule has 15 heavy (non-hydrogen) atoms. The van der Waals surface area contributed by atoms with Crippen molar-refractivity contribution in [2.45, 2.75) is 58.8 Å². The maximum atomic E-state index is 11.0. The molecule has 0 saturated carbocycles. The van der Waals surface area contributed by atoms with Crippen LogP contribution in [0.2, 0.25) is 0 Å². The van der Waals surface area contributed by atoms with Gasteiger partial charge in [0.05, 0.1) is 12.4 Å². The molecule has 0 atom stereocenters. The van der Waals surface area contributed by atoms with Crippen molar-refractivity contribution in [1.29, 1.82) is 0 Å². The maximum absolute atomic E-state index is 11.0. The Morgan fingerprint density at radius 3 is 1.93 bits per heavy atom. The van der Waals surface area contributed by atoms with Crippen molar-refractivity contribution in [3.63, 3.8) is 0 Å². The molecule has 0 aliphatic heterocycles. The van der Waals surface area contributed by atoms with Gasteiger partial charge in [0.25, 0.3) is 10.1 Å². The van der Waals surface area contributed by atoms with Crippen LogP contribution in [0, 0.1) is 0 Å². The van der Waals surface area contributed by atoms with Crippen molar-refractivity contribution >= 4 is 10.1 Å². The van der Waals surface area contributed by atoms with E-state index >= 15 is 0 Å². The Bertz CT molecular complexity index is 222. The summed E-state index contributed by atoms with van der Waals surface area (Å²) in [4.78, 5) is 0. The van der Waals surface area contributed by atoms with Gasteiger partial charge in [0.1, 0.15) is 0 Å². The Morgan fingerprint density at radius 2 is 1.40 bits per heavy atom. The predicted molar refractivity (Wildman–Crippen MR) is 63.4 cm³/mol. The topological polar surface area (TPSA) is 43.4 Å². The fraction of sp³-hybridized carbons (Fsp3) is 1.00. The van der Waals surface area contributed by atoms with Crippen LogP contribution in [0.3, 0.4) is 0 Å². The van der Waals surface area contributed by atoms with Gasteiger partial charge in [-0.25, -0.2) is 0 Å². The largest absolute Gasteiger partial charge is 0.270 e. The third kappa shape index (κ3) is 10.2. The number of rotatable bonds is 10. The number of hydrogen-bond acceptors (Lipinski definition) is 3. The van der Waals surface area contributed by atoms with Gasteiger partial charge in [0.15, 0.2) is 0 Å². The molecule has 0 aliphatic carbocycles. The first-order chi connectivity index (χ1) is 7.12. The fourth-order valence-corrected chi connectivity index (χ4v) is 1.87. The van der Waals surface area contributed by atoms with E-state index in [2.05, 4.69) is 6.92 Å². The van der Waals surface area contributed by atoms with Crippen molar-refractivity contribution in [3.8, 4) is 0 Å². The zero-order chi connectivity index (χ0) is 11.6. The van der Waals surface area contributed by atoms with Crippen LogP contribution >= 0.6 is 0 Å². The summed E-state index contributed by atoms with van der Waals surface area (Å²) < 4.78 is 26.7. The van der Waals surface area contributed by atoms with E-state index in [-0.39, 0.29) is 5.75 Å². The summed E-state index contributed by atoms with van der Waals surface area (Å²) in [6, 6.07) is 0. The first kappa shape index (κ1) is 14.9. The summed E-state index contributed by atoms with van der Waals surface area (Å²) in [7, 11) is -3.22. The van der Waals surface area contributed by atoms with Gasteiger partial charge in [-0.3, -0.25) is 4.18 Å². The van der Waals surface area contributed by atoms with Crippen LogP contribution in [-0.2, 0) is 14.3 Å². The minimum atomic E-state index is -3.22. The molecule has 0 amide bonds. The van der Waals surface area contributed by atoms with E-state index in [1.54, 1.807) is 6.92 Å². The van der Waals surface area contributed by atoms with E-state index in [4.69, 9.17) is 4.18 Å². The van der Waals surface area contributed by atoms with Crippen LogP contribution in [0.5, 0.6) is 0 Å². The van der Waals surface area contributed by atoms with E-state index in [1.807, 2.05) is 0 Å². The predicted octanol–water partition coefficient (Wildman–Crippen LogP) is 3.10. The minimum Gasteiger partial charge on any atom is -0.270 e. The lowest BCUT2D eigenvalue weighted by Gasteiger charge is -2.03. The molecular weight excluding hydrogens is 212 g/mol. The van der Waals surface area contributed by atoms with E-state index in [0.717, 1.165) is 12.8 Å². The summed E-state index contributed by atoms with van der Waals surface area (Å²) in [5.74, 6) is 0.0729. The maximum Gasteiger partial charge on any atom is 0.267 e. The van der Waals surface area contributed by atoms with E-state index < -0.39 is 10.1 Å². The van der Waals surface area contributed by atoms with Gasteiger partial charge in [0, 0.05) is 0 Å². The Balaban J connectivity index is 3.19. The van der Waals surface area contributed by atoms with Crippen LogP contribution in [0.1, 0.15) is 58.8 Å². The number of unbranched alkanes of at least 4 members (excludes halogenated alkanes) is 6. The second-order valence-electron chi connectivity index (χ2n) is 3.79. The summed E-state index contributed by atoms with van der Waals surface area (Å²) in [5.41, 5.74) is 0. The standard InChI is InChI=1S/C11H24O3S/c1-3-5-6-7-8-9-10-11-14-15(12,13)4-2/h3-11H2,1-2H3. The first-order valence-corrected chi connectivity index (χ1v) is 7.57. The highest BCUT2D eigenvalue weighted by atomic mass is 32.2. The normalized spacial score (nSPS) is 11.9. The highest BCUT2D eigenvalue weighted by molar-refractivity contribution is 7.86. The smallest absolute Gasteiger partial charge is 0.267 e. The quantitative estimate of drug-likeness (QED) is 0.432. The van der Waals surface area contributed by atoms with Crippen molar-refractivity contribution in [2.24, 2.45) is 0 Å². The molecule has 0 N–H and O–H groups in total. The Hall–Kier alpha value is -0.0900. The van der Waals surface area contributed by atoms with Gasteiger partial charge in [-0.2, -0.15) is 8.42 Å². The fourth-order valence-electron chi connectivity index (χ4n) is 1.33. The molecule has 0 aliphatic rings. The molecule has 0 unspecified atom stereocenters. The highest BCUT2D eigenvalue weighted by Gasteiger charge is 2.05. The Labute approximate surface area is 94.3 Å². The zero-order valence-corrected chi connectivity index (χ0v) is 10.8. The Kier molecular flexibility index (Phi) is 9.10. The molecule has 0 spiro atoms. The van der Waals surface area contributed by atoms with Crippen molar-refractivity contribution in [3.05, 3.63) is 0 Å². The minimum absolute atomic E-state index is 0.0729. The van der Waals surface area contributed by atoms with Crippen molar-refractivity contribution < 1.29 is 12.6 Å². The molecule has 0 fully saturated rings. The molecule has 0 bridgehead atoms. The third-order valence-electron chi connectivity index (χ3n) is 2.36. The molecule has 4 heteroatoms. The molecule has 3 nitrogen and oxygen atoms in total. The van der Waals surface area contributed by atoms with E-state index in [1.165, 1.54) is 32.1 Å². The van der Waals surface area contributed by atoms with Gasteiger partial charge in [-0.15, -0.1) is 0 Å². The molecule has 92 valence electrons. The molecule has 0 heterocycles. The highest BCUT2D eigenvalue weighted by Crippen LogP contribution is 2.07. The monoisotopic (exact) mass is 236 g/mol. The first-order valence-electron chi connectivity index (χ1n) is 5.99. The second kappa shape index (κ2) is 9.16. The summed E-state index contributed by atoms with van der Waals surface area (Å²) in [6.45, 7) is 4.15. The van der Waals surface area contributed by atoms with Crippen LogP contribution in [-0.4, -0.2) is 20.8 Å². The average molecular weight is 236 g/mol. The van der Waals surface area contributed by atoms with Crippen LogP contribution < -0.4 is 0 Å². The Morgan fingerprint density at radius 1 is 0.867 bits per heavy atom. The SMILES string of the molecule is CCCCCCCCCOS(=O)(=O)CC. The van der Waals surface area contributed by atoms with Gasteiger partial charge in [-0.05, 0) is 13.3 Å². The third-order valence-corrected chi connectivity index (χ3v) is 3.60. The lowest BCUT2D eigenvalue weighted by atomic mass is 10.1. The van der Waals surface area contributed by atoms with Crippen LogP contribution in [0.25, 0.3) is 0 Å². The average Bonchev–Trinajstić information content (AvgIpc) is 2.22. The van der Waals surface area contributed by atoms with Gasteiger partial charge < -0.3 is 0 Å². The molecule has 0 aromatic carbocycles. The second-order valence-corrected chi connectivity index (χ2v) is 5.72. The van der Waals surface area contributed by atoms with Crippen molar-refractivity contribution in [2.75, 3.05) is 12.4 Å². The summed E-state index contributed by atoms with van der Waals surface area (Å²) in [6.07, 6.45) is 8.24. The summed E-state index contributed by atoms with van der Waals surface area (Å²) >= 11 is 0. The lowest BCUT2D eigenvalue weighted by Crippen LogP contribution is -2.09. The van der Waals surface area contributed by atoms with Gasteiger partial charge in [-0.1, -0.05) is 45.4 Å². The molecular formula is C11H24O3S. The van der Waals surface area contributed by atoms with Gasteiger partial charge >= 0.3 is 0 Å². The lowest BCUT2D eigenvalue weighted by molar-refractivity contribution is 0.307. The molecule has 0 radical (unpaired) electrons. The molecule has 0 rings (SSSR count). The molecule has 0 aromatic rings. The van der Waals surface area contributed by atoms with Gasteiger partial charge in [0.2, 0.25) is 0 Å². The zero-order valence-electron chi connectivity index (χ0n) is 10.00. The van der Waals surface area contributed by atoms with E-state index in [0.29, 0.717) is 6.61 Å². The van der Waals surface area contributed by atoms with Crippen LogP contribution in [0.15, 0.2) is 0 Å². The van der Waals surface area contributed by atoms with E-state index in [9.17, 15) is 8.42 Å².